The van der Waals surface area contributed by atoms with Gasteiger partial charge >= 0.3 is 5.97 Å². The molecule has 0 aliphatic heterocycles. The Bertz CT molecular complexity index is 1370. The van der Waals surface area contributed by atoms with Crippen LogP contribution in [-0.4, -0.2) is 20.5 Å². The van der Waals surface area contributed by atoms with Gasteiger partial charge in [-0.2, -0.15) is 0 Å². The molecular weight excluding hydrogens is 420 g/mol. The number of hydrogen-bond acceptors (Lipinski definition) is 4. The first kappa shape index (κ1) is 20.1. The zero-order chi connectivity index (χ0) is 21.4. The van der Waals surface area contributed by atoms with Crippen molar-refractivity contribution in [2.75, 3.05) is 0 Å². The Morgan fingerprint density at radius 1 is 1.13 bits per heavy atom. The summed E-state index contributed by atoms with van der Waals surface area (Å²) in [5.41, 5.74) is 3.90. The fraction of sp³-hybridized carbons (Fsp3) is 0.0870. The molecule has 0 radical (unpaired) electrons. The largest absolute Gasteiger partial charge is 0.477 e. The minimum atomic E-state index is -1.12. The van der Waals surface area contributed by atoms with Gasteiger partial charge in [0.15, 0.2) is 4.96 Å². The molecule has 0 spiro atoms. The molecule has 0 unspecified atom stereocenters. The lowest BCUT2D eigenvalue weighted by atomic mass is 10.1. The van der Waals surface area contributed by atoms with Gasteiger partial charge in [-0.15, -0.1) is 0 Å². The lowest BCUT2D eigenvalue weighted by molar-refractivity contribution is 0.0702. The summed E-state index contributed by atoms with van der Waals surface area (Å²) >= 11 is 7.32. The molecule has 30 heavy (non-hydrogen) atoms. The van der Waals surface area contributed by atoms with Crippen molar-refractivity contribution in [2.24, 2.45) is 0 Å². The topological polar surface area (TPSA) is 71.7 Å². The van der Waals surface area contributed by atoms with Crippen LogP contribution in [0, 0.1) is 13.8 Å². The van der Waals surface area contributed by atoms with Crippen molar-refractivity contribution in [3.8, 4) is 11.3 Å². The van der Waals surface area contributed by atoms with Crippen molar-refractivity contribution < 1.29 is 9.90 Å². The van der Waals surface area contributed by atoms with Crippen molar-refractivity contribution in [1.82, 2.24) is 9.38 Å². The Kier molecular flexibility index (Phi) is 5.28. The van der Waals surface area contributed by atoms with Gasteiger partial charge in [0, 0.05) is 5.56 Å². The molecule has 0 saturated heterocycles. The van der Waals surface area contributed by atoms with Crippen LogP contribution in [0.25, 0.3) is 28.4 Å². The van der Waals surface area contributed by atoms with Gasteiger partial charge in [0.2, 0.25) is 0 Å². The van der Waals surface area contributed by atoms with E-state index in [0.29, 0.717) is 11.3 Å². The Balaban J connectivity index is 1.93. The van der Waals surface area contributed by atoms with E-state index in [1.54, 1.807) is 30.3 Å². The second-order valence-electron chi connectivity index (χ2n) is 6.88. The second-order valence-corrected chi connectivity index (χ2v) is 8.23. The summed E-state index contributed by atoms with van der Waals surface area (Å²) in [6.07, 6.45) is 3.55. The predicted octanol–water partition coefficient (Wildman–Crippen LogP) is 5.56. The maximum atomic E-state index is 13.1. The minimum absolute atomic E-state index is 0.0394. The lowest BCUT2D eigenvalue weighted by Gasteiger charge is -2.05. The van der Waals surface area contributed by atoms with Crippen LogP contribution < -0.4 is 5.56 Å². The third kappa shape index (κ3) is 3.56. The molecule has 0 atom stereocenters. The number of rotatable bonds is 4. The van der Waals surface area contributed by atoms with Crippen molar-refractivity contribution in [3.63, 3.8) is 0 Å². The van der Waals surface area contributed by atoms with E-state index in [9.17, 15) is 14.7 Å². The van der Waals surface area contributed by atoms with Crippen LogP contribution in [0.15, 0.2) is 53.3 Å². The summed E-state index contributed by atoms with van der Waals surface area (Å²) in [6.45, 7) is 4.00. The average Bonchev–Trinajstić information content (AvgIpc) is 3.12. The molecule has 0 aliphatic carbocycles. The van der Waals surface area contributed by atoms with E-state index in [2.05, 4.69) is 4.98 Å². The highest BCUT2D eigenvalue weighted by molar-refractivity contribution is 7.19. The van der Waals surface area contributed by atoms with E-state index >= 15 is 0 Å². The van der Waals surface area contributed by atoms with Gasteiger partial charge in [-0.1, -0.05) is 83.1 Å². The smallest absolute Gasteiger partial charge is 0.348 e. The molecule has 2 aromatic heterocycles. The van der Waals surface area contributed by atoms with E-state index in [1.165, 1.54) is 4.40 Å². The van der Waals surface area contributed by atoms with Crippen LogP contribution in [-0.2, 0) is 0 Å². The molecule has 4 rings (SSSR count). The molecule has 0 bridgehead atoms. The number of thiazole rings is 1. The summed E-state index contributed by atoms with van der Waals surface area (Å²) in [7, 11) is 0. The molecule has 2 heterocycles. The number of aromatic carboxylic acids is 1. The Morgan fingerprint density at radius 2 is 1.87 bits per heavy atom. The van der Waals surface area contributed by atoms with Crippen LogP contribution in [0.4, 0.5) is 0 Å². The molecule has 0 fully saturated rings. The highest BCUT2D eigenvalue weighted by Gasteiger charge is 2.23. The van der Waals surface area contributed by atoms with Gasteiger partial charge in [-0.25, -0.2) is 14.2 Å². The normalized spacial score (nSPS) is 11.4. The summed E-state index contributed by atoms with van der Waals surface area (Å²) in [5.74, 6) is -1.12. The average molecular weight is 437 g/mol. The van der Waals surface area contributed by atoms with E-state index in [4.69, 9.17) is 11.6 Å². The quantitative estimate of drug-likeness (QED) is 0.454. The van der Waals surface area contributed by atoms with E-state index in [-0.39, 0.29) is 20.6 Å². The van der Waals surface area contributed by atoms with Crippen molar-refractivity contribution in [2.45, 2.75) is 13.8 Å². The number of nitrogens with zero attached hydrogens (tertiary/aromatic N) is 2. The third-order valence-electron chi connectivity index (χ3n) is 4.75. The SMILES string of the molecule is Cc1ccc(C)c(/C=C/c2nc3sc(C(=O)O)c(-c4ccccc4)n3c(=O)c2Cl)c1. The van der Waals surface area contributed by atoms with Crippen LogP contribution in [0.2, 0.25) is 5.02 Å². The van der Waals surface area contributed by atoms with E-state index in [1.807, 2.05) is 44.2 Å². The summed E-state index contributed by atoms with van der Waals surface area (Å²) in [6, 6.07) is 15.0. The fourth-order valence-corrected chi connectivity index (χ4v) is 4.40. The highest BCUT2D eigenvalue weighted by Crippen LogP contribution is 2.31. The first-order valence-electron chi connectivity index (χ1n) is 9.16. The summed E-state index contributed by atoms with van der Waals surface area (Å²) in [4.78, 5) is 29.7. The van der Waals surface area contributed by atoms with E-state index in [0.717, 1.165) is 28.0 Å². The Hall–Kier alpha value is -3.22. The molecule has 1 N–H and O–H groups in total. The van der Waals surface area contributed by atoms with Gasteiger partial charge in [0.25, 0.3) is 5.56 Å². The number of halogens is 1. The molecular formula is C23H17ClN2O3S. The number of carboxylic acid groups (broad SMARTS) is 1. The molecule has 5 nitrogen and oxygen atoms in total. The lowest BCUT2D eigenvalue weighted by Crippen LogP contribution is -2.17. The number of carboxylic acids is 1. The molecule has 2 aromatic carbocycles. The van der Waals surface area contributed by atoms with Crippen molar-refractivity contribution in [3.05, 3.63) is 91.2 Å². The van der Waals surface area contributed by atoms with Crippen LogP contribution in [0.1, 0.15) is 32.1 Å². The zero-order valence-corrected chi connectivity index (χ0v) is 17.8. The van der Waals surface area contributed by atoms with Gasteiger partial charge in [0.05, 0.1) is 11.4 Å². The maximum Gasteiger partial charge on any atom is 0.348 e. The third-order valence-corrected chi connectivity index (χ3v) is 6.14. The number of fused-ring (bicyclic) bond motifs is 1. The Morgan fingerprint density at radius 3 is 2.57 bits per heavy atom. The number of hydrogen-bond donors (Lipinski definition) is 1. The predicted molar refractivity (Wildman–Crippen MR) is 122 cm³/mol. The maximum absolute atomic E-state index is 13.1. The molecule has 0 saturated carbocycles. The van der Waals surface area contributed by atoms with Crippen molar-refractivity contribution in [1.29, 1.82) is 0 Å². The number of aryl methyl sites for hydroxylation is 2. The van der Waals surface area contributed by atoms with Crippen LogP contribution in [0.3, 0.4) is 0 Å². The molecule has 150 valence electrons. The number of benzene rings is 2. The molecule has 0 amide bonds. The Labute approximate surface area is 181 Å². The monoisotopic (exact) mass is 436 g/mol. The minimum Gasteiger partial charge on any atom is -0.477 e. The van der Waals surface area contributed by atoms with Crippen LogP contribution >= 0.6 is 22.9 Å². The zero-order valence-electron chi connectivity index (χ0n) is 16.2. The first-order valence-corrected chi connectivity index (χ1v) is 10.4. The fourth-order valence-electron chi connectivity index (χ4n) is 3.22. The standard InChI is InChI=1S/C23H17ClN2O3S/c1-13-8-9-14(2)16(12-13)10-11-17-18(24)21(27)26-19(15-6-4-3-5-7-15)20(22(28)29)30-23(26)25-17/h3-12H,1-2H3,(H,28,29)/b11-10+. The number of carbonyl (C=O) groups is 1. The molecule has 7 heteroatoms. The molecule has 4 aromatic rings. The van der Waals surface area contributed by atoms with Gasteiger partial charge < -0.3 is 5.11 Å². The van der Waals surface area contributed by atoms with E-state index < -0.39 is 11.5 Å². The van der Waals surface area contributed by atoms with Gasteiger partial charge in [-0.05, 0) is 31.1 Å². The van der Waals surface area contributed by atoms with Gasteiger partial charge in [0.1, 0.15) is 9.90 Å². The summed E-state index contributed by atoms with van der Waals surface area (Å²) in [5, 5.41) is 9.63. The number of aromatic nitrogens is 2. The molecule has 0 aliphatic rings. The van der Waals surface area contributed by atoms with Gasteiger partial charge in [-0.3, -0.25) is 4.79 Å². The van der Waals surface area contributed by atoms with Crippen LogP contribution in [0.5, 0.6) is 0 Å². The first-order chi connectivity index (χ1) is 14.4. The second kappa shape index (κ2) is 7.89. The highest BCUT2D eigenvalue weighted by atomic mass is 35.5. The summed E-state index contributed by atoms with van der Waals surface area (Å²) < 4.78 is 1.28. The van der Waals surface area contributed by atoms with Crippen molar-refractivity contribution >= 4 is 46.0 Å².